The molecule has 3 aromatic rings. The Morgan fingerprint density at radius 1 is 1.17 bits per heavy atom. The number of nitrogens with one attached hydrogen (secondary N) is 1. The van der Waals surface area contributed by atoms with E-state index in [4.69, 9.17) is 4.74 Å². The van der Waals surface area contributed by atoms with Crippen molar-refractivity contribution in [3.05, 3.63) is 89.8 Å². The van der Waals surface area contributed by atoms with Gasteiger partial charge in [0.1, 0.15) is 17.7 Å². The third kappa shape index (κ3) is 6.63. The van der Waals surface area contributed by atoms with Crippen LogP contribution in [0.4, 0.5) is 4.39 Å². The zero-order chi connectivity index (χ0) is 21.3. The molecule has 0 radical (unpaired) electrons. The topological polar surface area (TPSA) is 67.3 Å². The number of hydrogen-bond donors (Lipinski definition) is 1. The number of carbonyl (C=O) groups is 1. The third-order valence-electron chi connectivity index (χ3n) is 4.37. The van der Waals surface area contributed by atoms with Crippen LogP contribution in [0.5, 0.6) is 5.75 Å². The van der Waals surface area contributed by atoms with Crippen LogP contribution in [0.1, 0.15) is 28.5 Å². The van der Waals surface area contributed by atoms with Crippen molar-refractivity contribution in [2.24, 2.45) is 0 Å². The van der Waals surface area contributed by atoms with Gasteiger partial charge in [-0.05, 0) is 49.9 Å². The highest BCUT2D eigenvalue weighted by Crippen LogP contribution is 2.16. The molecule has 1 aromatic heterocycles. The summed E-state index contributed by atoms with van der Waals surface area (Å²) in [5.74, 6) is -0.0368. The minimum absolute atomic E-state index is 0.241. The lowest BCUT2D eigenvalue weighted by Gasteiger charge is -2.18. The maximum atomic E-state index is 13.2. The standard InChI is InChI=1S/C23H25FN4O2/c1-17(13-27-23(29)19-6-4-7-20(24)12-19)30-22-8-3-5-18(11-22)15-28(2)16-21-14-25-9-10-26-21/h3-12,14,17H,13,15-16H2,1-2H3,(H,27,29). The first-order chi connectivity index (χ1) is 14.5. The Morgan fingerprint density at radius 3 is 2.77 bits per heavy atom. The molecule has 2 aromatic carbocycles. The number of rotatable bonds is 9. The van der Waals surface area contributed by atoms with Crippen LogP contribution in [0, 0.1) is 5.82 Å². The molecule has 1 N–H and O–H groups in total. The Balaban J connectivity index is 1.49. The van der Waals surface area contributed by atoms with Crippen LogP contribution in [-0.2, 0) is 13.1 Å². The second-order valence-electron chi connectivity index (χ2n) is 7.17. The lowest BCUT2D eigenvalue weighted by Crippen LogP contribution is -2.33. The Morgan fingerprint density at radius 2 is 2.00 bits per heavy atom. The molecule has 1 amide bonds. The number of ether oxygens (including phenoxy) is 1. The molecule has 6 nitrogen and oxygen atoms in total. The molecule has 0 aliphatic rings. The van der Waals surface area contributed by atoms with Crippen molar-refractivity contribution in [1.82, 2.24) is 20.2 Å². The molecule has 3 rings (SSSR count). The molecule has 1 heterocycles. The summed E-state index contributed by atoms with van der Waals surface area (Å²) in [5, 5.41) is 2.77. The number of nitrogens with zero attached hydrogens (tertiary/aromatic N) is 3. The maximum Gasteiger partial charge on any atom is 0.251 e. The van der Waals surface area contributed by atoms with Gasteiger partial charge in [-0.25, -0.2) is 4.39 Å². The summed E-state index contributed by atoms with van der Waals surface area (Å²) in [6.07, 6.45) is 4.86. The fraction of sp³-hybridized carbons (Fsp3) is 0.261. The molecular weight excluding hydrogens is 383 g/mol. The summed E-state index contributed by atoms with van der Waals surface area (Å²) in [6.45, 7) is 3.62. The monoisotopic (exact) mass is 408 g/mol. The van der Waals surface area contributed by atoms with Crippen molar-refractivity contribution < 1.29 is 13.9 Å². The van der Waals surface area contributed by atoms with Crippen molar-refractivity contribution >= 4 is 5.91 Å². The molecule has 156 valence electrons. The second-order valence-corrected chi connectivity index (χ2v) is 7.17. The van der Waals surface area contributed by atoms with E-state index in [1.807, 2.05) is 38.2 Å². The van der Waals surface area contributed by atoms with Crippen LogP contribution in [0.2, 0.25) is 0 Å². The van der Waals surface area contributed by atoms with Crippen molar-refractivity contribution in [3.8, 4) is 5.75 Å². The van der Waals surface area contributed by atoms with Crippen LogP contribution in [0.15, 0.2) is 67.1 Å². The number of benzene rings is 2. The molecule has 0 saturated heterocycles. The summed E-state index contributed by atoms with van der Waals surface area (Å²) < 4.78 is 19.2. The zero-order valence-corrected chi connectivity index (χ0v) is 17.1. The second kappa shape index (κ2) is 10.5. The van der Waals surface area contributed by atoms with Gasteiger partial charge in [-0.1, -0.05) is 18.2 Å². The smallest absolute Gasteiger partial charge is 0.251 e. The fourth-order valence-corrected chi connectivity index (χ4v) is 3.02. The Bertz CT molecular complexity index is 968. The van der Waals surface area contributed by atoms with Crippen molar-refractivity contribution in [1.29, 1.82) is 0 Å². The van der Waals surface area contributed by atoms with E-state index in [9.17, 15) is 9.18 Å². The highest BCUT2D eigenvalue weighted by atomic mass is 19.1. The summed E-state index contributed by atoms with van der Waals surface area (Å²) in [5.41, 5.74) is 2.31. The van der Waals surface area contributed by atoms with E-state index in [0.717, 1.165) is 23.6 Å². The molecule has 0 saturated carbocycles. The molecule has 1 unspecified atom stereocenters. The molecular formula is C23H25FN4O2. The van der Waals surface area contributed by atoms with Crippen LogP contribution in [0.3, 0.4) is 0 Å². The van der Waals surface area contributed by atoms with Gasteiger partial charge in [-0.2, -0.15) is 0 Å². The van der Waals surface area contributed by atoms with E-state index >= 15 is 0 Å². The van der Waals surface area contributed by atoms with Crippen molar-refractivity contribution in [3.63, 3.8) is 0 Å². The van der Waals surface area contributed by atoms with Crippen LogP contribution in [-0.4, -0.2) is 40.5 Å². The first-order valence-corrected chi connectivity index (χ1v) is 9.72. The molecule has 7 heteroatoms. The Labute approximate surface area is 175 Å². The van der Waals surface area contributed by atoms with E-state index in [2.05, 4.69) is 20.2 Å². The van der Waals surface area contributed by atoms with E-state index in [1.54, 1.807) is 24.7 Å². The minimum Gasteiger partial charge on any atom is -0.489 e. The summed E-state index contributed by atoms with van der Waals surface area (Å²) >= 11 is 0. The van der Waals surface area contributed by atoms with Gasteiger partial charge in [0.2, 0.25) is 0 Å². The number of carbonyl (C=O) groups excluding carboxylic acids is 1. The number of amides is 1. The summed E-state index contributed by atoms with van der Waals surface area (Å²) in [4.78, 5) is 22.7. The van der Waals surface area contributed by atoms with Gasteiger partial charge in [0.15, 0.2) is 0 Å². The normalized spacial score (nSPS) is 11.9. The van der Waals surface area contributed by atoms with Gasteiger partial charge >= 0.3 is 0 Å². The Hall–Kier alpha value is -3.32. The first kappa shape index (κ1) is 21.4. The average molecular weight is 408 g/mol. The van der Waals surface area contributed by atoms with Gasteiger partial charge < -0.3 is 10.1 Å². The third-order valence-corrected chi connectivity index (χ3v) is 4.37. The zero-order valence-electron chi connectivity index (χ0n) is 17.1. The van der Waals surface area contributed by atoms with Gasteiger partial charge in [0, 0.05) is 37.2 Å². The van der Waals surface area contributed by atoms with Crippen LogP contribution in [0.25, 0.3) is 0 Å². The summed E-state index contributed by atoms with van der Waals surface area (Å²) in [7, 11) is 2.02. The molecule has 1 atom stereocenters. The van der Waals surface area contributed by atoms with E-state index in [-0.39, 0.29) is 17.6 Å². The van der Waals surface area contributed by atoms with Gasteiger partial charge in [-0.3, -0.25) is 19.7 Å². The molecule has 0 bridgehead atoms. The number of halogens is 1. The molecule has 0 spiro atoms. The van der Waals surface area contributed by atoms with Crippen molar-refractivity contribution in [2.75, 3.05) is 13.6 Å². The van der Waals surface area contributed by atoms with E-state index in [1.165, 1.54) is 18.2 Å². The van der Waals surface area contributed by atoms with E-state index in [0.29, 0.717) is 13.1 Å². The highest BCUT2D eigenvalue weighted by molar-refractivity contribution is 5.94. The summed E-state index contributed by atoms with van der Waals surface area (Å²) in [6, 6.07) is 13.5. The average Bonchev–Trinajstić information content (AvgIpc) is 2.73. The first-order valence-electron chi connectivity index (χ1n) is 9.72. The lowest BCUT2D eigenvalue weighted by molar-refractivity contribution is 0.0931. The van der Waals surface area contributed by atoms with Gasteiger partial charge in [-0.15, -0.1) is 0 Å². The molecule has 0 fully saturated rings. The maximum absolute atomic E-state index is 13.2. The van der Waals surface area contributed by atoms with Crippen LogP contribution >= 0.6 is 0 Å². The fourth-order valence-electron chi connectivity index (χ4n) is 3.02. The van der Waals surface area contributed by atoms with Gasteiger partial charge in [0.25, 0.3) is 5.91 Å². The largest absolute Gasteiger partial charge is 0.489 e. The minimum atomic E-state index is -0.437. The number of aromatic nitrogens is 2. The van der Waals surface area contributed by atoms with Crippen molar-refractivity contribution in [2.45, 2.75) is 26.1 Å². The SMILES string of the molecule is CC(CNC(=O)c1cccc(F)c1)Oc1cccc(CN(C)Cc2cnccn2)c1. The molecule has 0 aliphatic heterocycles. The highest BCUT2D eigenvalue weighted by Gasteiger charge is 2.10. The Kier molecular flexibility index (Phi) is 7.45. The molecule has 0 aliphatic carbocycles. The van der Waals surface area contributed by atoms with Crippen LogP contribution < -0.4 is 10.1 Å². The predicted molar refractivity (Wildman–Crippen MR) is 112 cm³/mol. The molecule has 30 heavy (non-hydrogen) atoms. The number of hydrogen-bond acceptors (Lipinski definition) is 5. The lowest BCUT2D eigenvalue weighted by atomic mass is 10.2. The predicted octanol–water partition coefficient (Wildman–Crippen LogP) is 3.45. The van der Waals surface area contributed by atoms with E-state index < -0.39 is 5.82 Å². The van der Waals surface area contributed by atoms with Gasteiger partial charge in [0.05, 0.1) is 12.2 Å². The quantitative estimate of drug-likeness (QED) is 0.587.